The quantitative estimate of drug-likeness (QED) is 0.532. The molecule has 0 aliphatic rings. The summed E-state index contributed by atoms with van der Waals surface area (Å²) in [5.41, 5.74) is 0.527. The van der Waals surface area contributed by atoms with E-state index in [0.717, 1.165) is 0 Å². The lowest BCUT2D eigenvalue weighted by molar-refractivity contribution is -0.385. The van der Waals surface area contributed by atoms with Crippen LogP contribution in [0.25, 0.3) is 17.0 Å². The van der Waals surface area contributed by atoms with Crippen molar-refractivity contribution in [2.45, 2.75) is 0 Å². The zero-order chi connectivity index (χ0) is 14.3. The summed E-state index contributed by atoms with van der Waals surface area (Å²) in [5, 5.41) is 14.8. The van der Waals surface area contributed by atoms with Crippen molar-refractivity contribution in [3.8, 4) is 11.4 Å². The third kappa shape index (κ3) is 2.14. The highest BCUT2D eigenvalue weighted by molar-refractivity contribution is 9.10. The molecule has 2 aromatic heterocycles. The molecule has 20 heavy (non-hydrogen) atoms. The Morgan fingerprint density at radius 1 is 1.30 bits per heavy atom. The van der Waals surface area contributed by atoms with E-state index in [-0.39, 0.29) is 17.1 Å². The molecule has 0 unspecified atom stereocenters. The minimum Gasteiger partial charge on any atom is -0.258 e. The third-order valence-electron chi connectivity index (χ3n) is 2.70. The van der Waals surface area contributed by atoms with Crippen molar-refractivity contribution in [2.24, 2.45) is 0 Å². The first-order valence-corrected chi connectivity index (χ1v) is 6.30. The SMILES string of the molecule is O=[N+]([O-])c1ccc2nc(-c3cc(Br)ccc3F)nn2c1. The molecular formula is C12H6BrFN4O2. The van der Waals surface area contributed by atoms with Gasteiger partial charge in [0.05, 0.1) is 10.5 Å². The fraction of sp³-hybridized carbons (Fsp3) is 0. The number of rotatable bonds is 2. The number of pyridine rings is 1. The molecule has 3 aromatic rings. The second kappa shape index (κ2) is 4.64. The van der Waals surface area contributed by atoms with Crippen LogP contribution in [-0.2, 0) is 0 Å². The Morgan fingerprint density at radius 3 is 2.85 bits per heavy atom. The first-order valence-electron chi connectivity index (χ1n) is 5.51. The van der Waals surface area contributed by atoms with E-state index in [1.165, 1.54) is 28.9 Å². The number of benzene rings is 1. The topological polar surface area (TPSA) is 73.3 Å². The van der Waals surface area contributed by atoms with E-state index in [0.29, 0.717) is 10.1 Å². The highest BCUT2D eigenvalue weighted by Crippen LogP contribution is 2.24. The lowest BCUT2D eigenvalue weighted by Gasteiger charge is -1.98. The molecule has 0 atom stereocenters. The van der Waals surface area contributed by atoms with Crippen LogP contribution in [0, 0.1) is 15.9 Å². The number of nitrogens with zero attached hydrogens (tertiary/aromatic N) is 4. The Hall–Kier alpha value is -2.35. The molecule has 0 aliphatic carbocycles. The molecule has 1 aromatic carbocycles. The third-order valence-corrected chi connectivity index (χ3v) is 3.19. The minimum atomic E-state index is -0.527. The van der Waals surface area contributed by atoms with Gasteiger partial charge in [-0.25, -0.2) is 13.9 Å². The molecule has 0 N–H and O–H groups in total. The van der Waals surface area contributed by atoms with E-state index in [2.05, 4.69) is 26.0 Å². The molecule has 8 heteroatoms. The Morgan fingerprint density at radius 2 is 2.10 bits per heavy atom. The van der Waals surface area contributed by atoms with Crippen LogP contribution >= 0.6 is 15.9 Å². The predicted octanol–water partition coefficient (Wildman–Crippen LogP) is 3.21. The van der Waals surface area contributed by atoms with Crippen molar-refractivity contribution in [1.82, 2.24) is 14.6 Å². The lowest BCUT2D eigenvalue weighted by atomic mass is 10.2. The van der Waals surface area contributed by atoms with Gasteiger partial charge in [-0.2, -0.15) is 0 Å². The average molecular weight is 337 g/mol. The number of fused-ring (bicyclic) bond motifs is 1. The largest absolute Gasteiger partial charge is 0.287 e. The Balaban J connectivity index is 2.17. The molecule has 0 spiro atoms. The van der Waals surface area contributed by atoms with E-state index in [4.69, 9.17) is 0 Å². The normalized spacial score (nSPS) is 10.9. The van der Waals surface area contributed by atoms with Crippen LogP contribution < -0.4 is 0 Å². The van der Waals surface area contributed by atoms with Crippen LogP contribution in [0.1, 0.15) is 0 Å². The van der Waals surface area contributed by atoms with Gasteiger partial charge in [-0.1, -0.05) is 15.9 Å². The molecular weight excluding hydrogens is 331 g/mol. The summed E-state index contributed by atoms with van der Waals surface area (Å²) in [7, 11) is 0. The minimum absolute atomic E-state index is 0.108. The Bertz CT molecular complexity index is 833. The fourth-order valence-corrected chi connectivity index (χ4v) is 2.12. The van der Waals surface area contributed by atoms with Gasteiger partial charge in [0.1, 0.15) is 12.0 Å². The van der Waals surface area contributed by atoms with Gasteiger partial charge in [0.25, 0.3) is 5.69 Å². The summed E-state index contributed by atoms with van der Waals surface area (Å²) in [6.07, 6.45) is 1.24. The molecule has 100 valence electrons. The van der Waals surface area contributed by atoms with Crippen LogP contribution in [0.5, 0.6) is 0 Å². The summed E-state index contributed by atoms with van der Waals surface area (Å²) in [5.74, 6) is -0.289. The van der Waals surface area contributed by atoms with Gasteiger partial charge in [-0.15, -0.1) is 5.10 Å². The second-order valence-electron chi connectivity index (χ2n) is 4.01. The van der Waals surface area contributed by atoms with E-state index in [9.17, 15) is 14.5 Å². The second-order valence-corrected chi connectivity index (χ2v) is 4.92. The number of hydrogen-bond acceptors (Lipinski definition) is 4. The molecule has 0 fully saturated rings. The van der Waals surface area contributed by atoms with Gasteiger partial charge in [-0.3, -0.25) is 10.1 Å². The van der Waals surface area contributed by atoms with Crippen molar-refractivity contribution in [3.05, 3.63) is 56.9 Å². The van der Waals surface area contributed by atoms with E-state index < -0.39 is 10.7 Å². The van der Waals surface area contributed by atoms with Crippen molar-refractivity contribution in [1.29, 1.82) is 0 Å². The maximum Gasteiger partial charge on any atom is 0.287 e. The molecule has 0 saturated heterocycles. The molecule has 0 aliphatic heterocycles. The van der Waals surface area contributed by atoms with Gasteiger partial charge < -0.3 is 0 Å². The zero-order valence-electron chi connectivity index (χ0n) is 9.83. The predicted molar refractivity (Wildman–Crippen MR) is 72.7 cm³/mol. The van der Waals surface area contributed by atoms with E-state index in [1.54, 1.807) is 12.1 Å². The van der Waals surface area contributed by atoms with Crippen molar-refractivity contribution < 1.29 is 9.31 Å². The fourth-order valence-electron chi connectivity index (χ4n) is 1.76. The summed E-state index contributed by atoms with van der Waals surface area (Å²) in [6.45, 7) is 0. The van der Waals surface area contributed by atoms with Crippen molar-refractivity contribution >= 4 is 27.3 Å². The molecule has 6 nitrogen and oxygen atoms in total. The van der Waals surface area contributed by atoms with Crippen LogP contribution in [0.3, 0.4) is 0 Å². The van der Waals surface area contributed by atoms with E-state index in [1.807, 2.05) is 0 Å². The van der Waals surface area contributed by atoms with Crippen LogP contribution in [0.15, 0.2) is 41.0 Å². The van der Waals surface area contributed by atoms with Crippen molar-refractivity contribution in [3.63, 3.8) is 0 Å². The average Bonchev–Trinajstić information content (AvgIpc) is 2.83. The maximum atomic E-state index is 13.8. The van der Waals surface area contributed by atoms with Gasteiger partial charge >= 0.3 is 0 Å². The van der Waals surface area contributed by atoms with Crippen LogP contribution in [0.4, 0.5) is 10.1 Å². The molecule has 0 bridgehead atoms. The molecule has 0 radical (unpaired) electrons. The highest BCUT2D eigenvalue weighted by Gasteiger charge is 2.14. The van der Waals surface area contributed by atoms with Crippen molar-refractivity contribution in [2.75, 3.05) is 0 Å². The molecule has 0 amide bonds. The molecule has 3 rings (SSSR count). The summed E-state index contributed by atoms with van der Waals surface area (Å²) >= 11 is 3.25. The first kappa shape index (κ1) is 12.7. The molecule has 2 heterocycles. The standard InChI is InChI=1S/C12H6BrFN4O2/c13-7-1-3-10(14)9(5-7)12-15-11-4-2-8(18(19)20)6-17(11)16-12/h1-6H. The Kier molecular flexibility index (Phi) is 2.94. The van der Waals surface area contributed by atoms with Gasteiger partial charge in [0, 0.05) is 10.5 Å². The van der Waals surface area contributed by atoms with Crippen LogP contribution in [0.2, 0.25) is 0 Å². The summed E-state index contributed by atoms with van der Waals surface area (Å²) in [6, 6.07) is 7.21. The first-order chi connectivity index (χ1) is 9.54. The zero-order valence-corrected chi connectivity index (χ0v) is 11.4. The smallest absolute Gasteiger partial charge is 0.258 e. The number of halogens is 2. The Labute approximate surface area is 120 Å². The van der Waals surface area contributed by atoms with Gasteiger partial charge in [0.15, 0.2) is 11.5 Å². The number of nitro groups is 1. The summed E-state index contributed by atoms with van der Waals surface area (Å²) < 4.78 is 15.7. The molecule has 0 saturated carbocycles. The monoisotopic (exact) mass is 336 g/mol. The highest BCUT2D eigenvalue weighted by atomic mass is 79.9. The maximum absolute atomic E-state index is 13.8. The number of aromatic nitrogens is 3. The van der Waals surface area contributed by atoms with E-state index >= 15 is 0 Å². The lowest BCUT2D eigenvalue weighted by Crippen LogP contribution is -1.93. The van der Waals surface area contributed by atoms with Gasteiger partial charge in [0.2, 0.25) is 0 Å². The summed E-state index contributed by atoms with van der Waals surface area (Å²) in [4.78, 5) is 14.3. The van der Waals surface area contributed by atoms with Gasteiger partial charge in [-0.05, 0) is 24.3 Å². The number of hydrogen-bond donors (Lipinski definition) is 0. The van der Waals surface area contributed by atoms with Crippen LogP contribution in [-0.4, -0.2) is 19.5 Å².